The number of hydrogen-bond acceptors (Lipinski definition) is 4. The van der Waals surface area contributed by atoms with E-state index in [1.165, 1.54) is 19.5 Å². The van der Waals surface area contributed by atoms with Gasteiger partial charge in [-0.1, -0.05) is 12.1 Å². The van der Waals surface area contributed by atoms with Crippen LogP contribution in [0, 0.1) is 5.92 Å². The van der Waals surface area contributed by atoms with Gasteiger partial charge < -0.3 is 16.0 Å². The minimum Gasteiger partial charge on any atom is -0.397 e. The topological polar surface area (TPSA) is 54.2 Å². The van der Waals surface area contributed by atoms with Gasteiger partial charge in [-0.05, 0) is 38.1 Å². The number of fused-ring (bicyclic) bond motifs is 1. The number of benzene rings is 1. The molecule has 1 aliphatic rings. The van der Waals surface area contributed by atoms with Crippen LogP contribution in [0.3, 0.4) is 0 Å². The summed E-state index contributed by atoms with van der Waals surface area (Å²) in [7, 11) is 2.18. The fourth-order valence-electron chi connectivity index (χ4n) is 2.80. The van der Waals surface area contributed by atoms with Crippen molar-refractivity contribution in [1.29, 1.82) is 0 Å². The largest absolute Gasteiger partial charge is 0.397 e. The first-order valence-electron chi connectivity index (χ1n) is 6.79. The molecule has 4 nitrogen and oxygen atoms in total. The summed E-state index contributed by atoms with van der Waals surface area (Å²) in [5.74, 6) is 0.731. The summed E-state index contributed by atoms with van der Waals surface area (Å²) >= 11 is 0. The lowest BCUT2D eigenvalue weighted by atomic mass is 10.1. The maximum atomic E-state index is 5.96. The van der Waals surface area contributed by atoms with Crippen molar-refractivity contribution in [2.75, 3.05) is 37.7 Å². The third-order valence-corrected chi connectivity index (χ3v) is 3.87. The first-order valence-corrected chi connectivity index (χ1v) is 6.79. The van der Waals surface area contributed by atoms with Gasteiger partial charge in [-0.2, -0.15) is 0 Å². The normalized spacial score (nSPS) is 19.9. The second kappa shape index (κ2) is 5.05. The van der Waals surface area contributed by atoms with E-state index in [4.69, 9.17) is 5.73 Å². The molecule has 2 aromatic rings. The molecule has 1 aliphatic heterocycles. The van der Waals surface area contributed by atoms with Gasteiger partial charge in [0, 0.05) is 30.4 Å². The van der Waals surface area contributed by atoms with Gasteiger partial charge in [0.1, 0.15) is 0 Å². The van der Waals surface area contributed by atoms with Crippen molar-refractivity contribution in [3.05, 3.63) is 30.5 Å². The number of aromatic nitrogens is 1. The van der Waals surface area contributed by atoms with E-state index in [1.807, 2.05) is 24.4 Å². The molecule has 1 unspecified atom stereocenters. The van der Waals surface area contributed by atoms with Gasteiger partial charge in [0.25, 0.3) is 0 Å². The number of anilines is 2. The number of likely N-dealkylation sites (tertiary alicyclic amines) is 1. The zero-order valence-corrected chi connectivity index (χ0v) is 11.3. The lowest BCUT2D eigenvalue weighted by Crippen LogP contribution is -2.19. The molecule has 100 valence electrons. The van der Waals surface area contributed by atoms with Crippen molar-refractivity contribution in [3.8, 4) is 0 Å². The monoisotopic (exact) mass is 256 g/mol. The molecular formula is C15H20N4. The van der Waals surface area contributed by atoms with Gasteiger partial charge in [0.05, 0.1) is 11.2 Å². The second-order valence-corrected chi connectivity index (χ2v) is 5.40. The second-order valence-electron chi connectivity index (χ2n) is 5.40. The Kier molecular flexibility index (Phi) is 3.25. The predicted octanol–water partition coefficient (Wildman–Crippen LogP) is 2.18. The summed E-state index contributed by atoms with van der Waals surface area (Å²) < 4.78 is 0. The van der Waals surface area contributed by atoms with Crippen molar-refractivity contribution in [2.45, 2.75) is 6.42 Å². The highest BCUT2D eigenvalue weighted by atomic mass is 15.1. The van der Waals surface area contributed by atoms with Crippen molar-refractivity contribution in [2.24, 2.45) is 5.92 Å². The van der Waals surface area contributed by atoms with Crippen molar-refractivity contribution < 1.29 is 0 Å². The third kappa shape index (κ3) is 2.49. The molecule has 0 bridgehead atoms. The van der Waals surface area contributed by atoms with E-state index in [1.54, 1.807) is 0 Å². The van der Waals surface area contributed by atoms with Gasteiger partial charge in [-0.25, -0.2) is 0 Å². The van der Waals surface area contributed by atoms with E-state index in [-0.39, 0.29) is 0 Å². The summed E-state index contributed by atoms with van der Waals surface area (Å²) in [6, 6.07) is 7.97. The zero-order chi connectivity index (χ0) is 13.2. The minimum absolute atomic E-state index is 0.731. The molecule has 19 heavy (non-hydrogen) atoms. The lowest BCUT2D eigenvalue weighted by Gasteiger charge is -2.14. The number of nitrogens with one attached hydrogen (secondary N) is 1. The molecule has 3 N–H and O–H groups in total. The van der Waals surface area contributed by atoms with Crippen molar-refractivity contribution in [3.63, 3.8) is 0 Å². The number of para-hydroxylation sites is 1. The van der Waals surface area contributed by atoms with Gasteiger partial charge in [-0.3, -0.25) is 4.98 Å². The van der Waals surface area contributed by atoms with Crippen LogP contribution in [0.25, 0.3) is 10.9 Å². The maximum Gasteiger partial charge on any atom is 0.0951 e. The number of rotatable bonds is 3. The zero-order valence-electron chi connectivity index (χ0n) is 11.3. The summed E-state index contributed by atoms with van der Waals surface area (Å²) in [6.07, 6.45) is 3.09. The van der Waals surface area contributed by atoms with E-state index in [0.29, 0.717) is 0 Å². The molecule has 1 saturated heterocycles. The molecule has 1 atom stereocenters. The van der Waals surface area contributed by atoms with Gasteiger partial charge in [0.15, 0.2) is 0 Å². The number of nitrogens with zero attached hydrogens (tertiary/aromatic N) is 2. The van der Waals surface area contributed by atoms with Crippen LogP contribution in [0.4, 0.5) is 11.4 Å². The molecule has 1 aromatic heterocycles. The highest BCUT2D eigenvalue weighted by molar-refractivity contribution is 5.97. The molecule has 0 amide bonds. The third-order valence-electron chi connectivity index (χ3n) is 3.87. The number of nitrogens with two attached hydrogens (primary N) is 1. The lowest BCUT2D eigenvalue weighted by molar-refractivity contribution is 0.399. The predicted molar refractivity (Wildman–Crippen MR) is 80.2 cm³/mol. The Bertz CT molecular complexity index is 581. The molecule has 4 heteroatoms. The Balaban J connectivity index is 1.79. The van der Waals surface area contributed by atoms with Crippen LogP contribution in [0.1, 0.15) is 6.42 Å². The van der Waals surface area contributed by atoms with Crippen LogP contribution in [-0.4, -0.2) is 36.6 Å². The summed E-state index contributed by atoms with van der Waals surface area (Å²) in [5, 5.41) is 4.66. The molecule has 3 rings (SSSR count). The van der Waals surface area contributed by atoms with Gasteiger partial charge in [0.2, 0.25) is 0 Å². The summed E-state index contributed by atoms with van der Waals surface area (Å²) in [6.45, 7) is 3.40. The van der Waals surface area contributed by atoms with E-state index >= 15 is 0 Å². The smallest absolute Gasteiger partial charge is 0.0951 e. The van der Waals surface area contributed by atoms with Crippen LogP contribution >= 0.6 is 0 Å². The average Bonchev–Trinajstić information content (AvgIpc) is 2.83. The molecular weight excluding hydrogens is 236 g/mol. The van der Waals surface area contributed by atoms with E-state index in [0.717, 1.165) is 34.7 Å². The van der Waals surface area contributed by atoms with Crippen molar-refractivity contribution >= 4 is 22.3 Å². The molecule has 1 aromatic carbocycles. The standard InChI is InChI=1S/C15H20N4/c1-19-8-6-11(10-19)9-18-14-5-7-17-15-12(14)3-2-4-13(15)16/h2-5,7,11H,6,8-10,16H2,1H3,(H,17,18). The van der Waals surface area contributed by atoms with E-state index in [9.17, 15) is 0 Å². The number of nitrogen functional groups attached to an aromatic ring is 1. The molecule has 0 spiro atoms. The molecule has 0 aliphatic carbocycles. The Morgan fingerprint density at radius 1 is 1.42 bits per heavy atom. The summed E-state index contributed by atoms with van der Waals surface area (Å²) in [5.41, 5.74) is 8.72. The maximum absolute atomic E-state index is 5.96. The molecule has 1 fully saturated rings. The van der Waals surface area contributed by atoms with E-state index in [2.05, 4.69) is 28.3 Å². The van der Waals surface area contributed by atoms with Crippen LogP contribution < -0.4 is 11.1 Å². The van der Waals surface area contributed by atoms with Crippen LogP contribution in [0.15, 0.2) is 30.5 Å². The molecule has 0 radical (unpaired) electrons. The quantitative estimate of drug-likeness (QED) is 0.827. The Morgan fingerprint density at radius 2 is 2.32 bits per heavy atom. The highest BCUT2D eigenvalue weighted by Gasteiger charge is 2.19. The number of hydrogen-bond donors (Lipinski definition) is 2. The highest BCUT2D eigenvalue weighted by Crippen LogP contribution is 2.26. The first kappa shape index (κ1) is 12.2. The molecule has 2 heterocycles. The van der Waals surface area contributed by atoms with Crippen LogP contribution in [-0.2, 0) is 0 Å². The molecule has 0 saturated carbocycles. The minimum atomic E-state index is 0.731. The number of pyridine rings is 1. The van der Waals surface area contributed by atoms with Crippen molar-refractivity contribution in [1.82, 2.24) is 9.88 Å². The van der Waals surface area contributed by atoms with E-state index < -0.39 is 0 Å². The SMILES string of the molecule is CN1CCC(CNc2ccnc3c(N)cccc23)C1. The van der Waals surface area contributed by atoms with Gasteiger partial charge in [-0.15, -0.1) is 0 Å². The fourth-order valence-corrected chi connectivity index (χ4v) is 2.80. The Hall–Kier alpha value is -1.81. The Morgan fingerprint density at radius 3 is 3.11 bits per heavy atom. The fraction of sp³-hybridized carbons (Fsp3) is 0.400. The van der Waals surface area contributed by atoms with Crippen LogP contribution in [0.2, 0.25) is 0 Å². The summed E-state index contributed by atoms with van der Waals surface area (Å²) in [4.78, 5) is 6.74. The first-order chi connectivity index (χ1) is 9.24. The Labute approximate surface area is 113 Å². The van der Waals surface area contributed by atoms with Gasteiger partial charge >= 0.3 is 0 Å². The van der Waals surface area contributed by atoms with Crippen LogP contribution in [0.5, 0.6) is 0 Å². The average molecular weight is 256 g/mol.